The number of hydrogen-bond acceptors (Lipinski definition) is 3. The van der Waals surface area contributed by atoms with Crippen molar-refractivity contribution in [1.29, 1.82) is 0 Å². The summed E-state index contributed by atoms with van der Waals surface area (Å²) < 4.78 is 2.05. The molecule has 6 nitrogen and oxygen atoms in total. The summed E-state index contributed by atoms with van der Waals surface area (Å²) in [5, 5.41) is 6.75. The molecule has 2 N–H and O–H groups in total. The molecule has 0 fully saturated rings. The predicted octanol–water partition coefficient (Wildman–Crippen LogP) is 3.14. The third-order valence-corrected chi connectivity index (χ3v) is 4.43. The normalized spacial score (nSPS) is 12.5. The minimum atomic E-state index is 0. The standard InChI is InChI=1S/C20H32N6.HI/c1-4-22-20(23-13-15-25-14-12-21-17-25)24-16-19(26(5-2)6-3)18-10-8-7-9-11-18;/h7-12,14,17,19H,4-6,13,15-16H2,1-3H3,(H2,22,23,24);1H. The van der Waals surface area contributed by atoms with E-state index in [9.17, 15) is 0 Å². The van der Waals surface area contributed by atoms with Gasteiger partial charge in [0, 0.05) is 32.0 Å². The van der Waals surface area contributed by atoms with Crippen molar-refractivity contribution in [3.05, 3.63) is 54.6 Å². The van der Waals surface area contributed by atoms with Crippen molar-refractivity contribution >= 4 is 29.9 Å². The van der Waals surface area contributed by atoms with E-state index >= 15 is 0 Å². The Morgan fingerprint density at radius 3 is 2.48 bits per heavy atom. The first-order valence-electron chi connectivity index (χ1n) is 9.55. The molecule has 0 spiro atoms. The fourth-order valence-electron chi connectivity index (χ4n) is 3.01. The van der Waals surface area contributed by atoms with Crippen molar-refractivity contribution in [2.24, 2.45) is 4.99 Å². The van der Waals surface area contributed by atoms with Crippen LogP contribution in [0, 0.1) is 0 Å². The van der Waals surface area contributed by atoms with E-state index in [1.165, 1.54) is 5.56 Å². The zero-order valence-electron chi connectivity index (χ0n) is 16.6. The van der Waals surface area contributed by atoms with Crippen molar-refractivity contribution in [3.8, 4) is 0 Å². The van der Waals surface area contributed by atoms with Crippen molar-refractivity contribution < 1.29 is 0 Å². The molecule has 0 saturated heterocycles. The molecule has 0 amide bonds. The minimum absolute atomic E-state index is 0. The Balaban J connectivity index is 0.00000364. The van der Waals surface area contributed by atoms with Crippen LogP contribution in [0.5, 0.6) is 0 Å². The topological polar surface area (TPSA) is 57.5 Å². The summed E-state index contributed by atoms with van der Waals surface area (Å²) in [5.41, 5.74) is 1.31. The summed E-state index contributed by atoms with van der Waals surface area (Å²) in [6, 6.07) is 10.9. The molecule has 150 valence electrons. The zero-order valence-corrected chi connectivity index (χ0v) is 19.0. The molecule has 1 unspecified atom stereocenters. The minimum Gasteiger partial charge on any atom is -0.357 e. The van der Waals surface area contributed by atoms with Crippen LogP contribution in [0.3, 0.4) is 0 Å². The molecule has 0 aliphatic heterocycles. The second-order valence-electron chi connectivity index (χ2n) is 6.09. The van der Waals surface area contributed by atoms with Crippen LogP contribution in [0.1, 0.15) is 32.4 Å². The van der Waals surface area contributed by atoms with Gasteiger partial charge in [0.05, 0.1) is 18.9 Å². The van der Waals surface area contributed by atoms with E-state index in [2.05, 4.69) is 76.2 Å². The van der Waals surface area contributed by atoms with Gasteiger partial charge < -0.3 is 15.2 Å². The first-order chi connectivity index (χ1) is 12.8. The van der Waals surface area contributed by atoms with Crippen LogP contribution in [0.2, 0.25) is 0 Å². The summed E-state index contributed by atoms with van der Waals surface area (Å²) in [6.07, 6.45) is 5.60. The predicted molar refractivity (Wildman–Crippen MR) is 124 cm³/mol. The number of aromatic nitrogens is 2. The summed E-state index contributed by atoms with van der Waals surface area (Å²) in [4.78, 5) is 11.4. The van der Waals surface area contributed by atoms with Crippen molar-refractivity contribution in [3.63, 3.8) is 0 Å². The van der Waals surface area contributed by atoms with E-state index < -0.39 is 0 Å². The number of likely N-dealkylation sites (N-methyl/N-ethyl adjacent to an activating group) is 1. The van der Waals surface area contributed by atoms with Crippen LogP contribution in [0.25, 0.3) is 0 Å². The summed E-state index contributed by atoms with van der Waals surface area (Å²) in [5.74, 6) is 0.862. The molecule has 1 heterocycles. The number of guanidine groups is 1. The lowest BCUT2D eigenvalue weighted by Crippen LogP contribution is -2.40. The SMILES string of the molecule is CCNC(=NCC(c1ccccc1)N(CC)CC)NCCn1ccnc1.I. The van der Waals surface area contributed by atoms with Crippen molar-refractivity contribution in [2.45, 2.75) is 33.4 Å². The van der Waals surface area contributed by atoms with Crippen LogP contribution < -0.4 is 10.6 Å². The Labute approximate surface area is 180 Å². The first-order valence-corrected chi connectivity index (χ1v) is 9.55. The summed E-state index contributed by atoms with van der Waals surface area (Å²) in [6.45, 7) is 11.8. The third-order valence-electron chi connectivity index (χ3n) is 4.43. The highest BCUT2D eigenvalue weighted by Crippen LogP contribution is 2.20. The molecule has 0 saturated carbocycles. The average molecular weight is 484 g/mol. The monoisotopic (exact) mass is 484 g/mol. The number of aliphatic imine (C=N–C) groups is 1. The van der Waals surface area contributed by atoms with Gasteiger partial charge in [0.2, 0.25) is 0 Å². The maximum absolute atomic E-state index is 4.85. The van der Waals surface area contributed by atoms with Gasteiger partial charge in [-0.2, -0.15) is 0 Å². The number of halogens is 1. The third kappa shape index (κ3) is 7.88. The van der Waals surface area contributed by atoms with Gasteiger partial charge in [0.25, 0.3) is 0 Å². The number of nitrogens with one attached hydrogen (secondary N) is 2. The van der Waals surface area contributed by atoms with E-state index in [4.69, 9.17) is 4.99 Å². The Kier molecular flexibility index (Phi) is 11.8. The number of hydrogen-bond donors (Lipinski definition) is 2. The van der Waals surface area contributed by atoms with E-state index in [1.807, 2.05) is 12.5 Å². The van der Waals surface area contributed by atoms with E-state index in [-0.39, 0.29) is 30.0 Å². The quantitative estimate of drug-likeness (QED) is 0.309. The average Bonchev–Trinajstić information content (AvgIpc) is 3.19. The number of imidazole rings is 1. The molecule has 0 aliphatic carbocycles. The van der Waals surface area contributed by atoms with E-state index in [0.717, 1.165) is 45.2 Å². The highest BCUT2D eigenvalue weighted by atomic mass is 127. The molecule has 27 heavy (non-hydrogen) atoms. The highest BCUT2D eigenvalue weighted by Gasteiger charge is 2.17. The molecular weight excluding hydrogens is 451 g/mol. The van der Waals surface area contributed by atoms with Crippen LogP contribution in [-0.2, 0) is 6.54 Å². The lowest BCUT2D eigenvalue weighted by atomic mass is 10.1. The molecule has 0 bridgehead atoms. The fourth-order valence-corrected chi connectivity index (χ4v) is 3.01. The zero-order chi connectivity index (χ0) is 18.6. The number of benzene rings is 1. The Morgan fingerprint density at radius 1 is 1.15 bits per heavy atom. The summed E-state index contributed by atoms with van der Waals surface area (Å²) in [7, 11) is 0. The Morgan fingerprint density at radius 2 is 1.89 bits per heavy atom. The maximum atomic E-state index is 4.85. The Hall–Kier alpha value is -1.61. The molecule has 1 aromatic heterocycles. The van der Waals surface area contributed by atoms with Crippen molar-refractivity contribution in [1.82, 2.24) is 25.1 Å². The lowest BCUT2D eigenvalue weighted by molar-refractivity contribution is 0.224. The van der Waals surface area contributed by atoms with Crippen LogP contribution in [0.4, 0.5) is 0 Å². The van der Waals surface area contributed by atoms with E-state index in [0.29, 0.717) is 0 Å². The number of nitrogens with zero attached hydrogens (tertiary/aromatic N) is 4. The van der Waals surface area contributed by atoms with Crippen molar-refractivity contribution in [2.75, 3.05) is 32.7 Å². The maximum Gasteiger partial charge on any atom is 0.191 e. The van der Waals surface area contributed by atoms with Gasteiger partial charge in [-0.3, -0.25) is 9.89 Å². The van der Waals surface area contributed by atoms with Gasteiger partial charge in [0.1, 0.15) is 0 Å². The van der Waals surface area contributed by atoms with Gasteiger partial charge in [-0.05, 0) is 25.6 Å². The van der Waals surface area contributed by atoms with Gasteiger partial charge in [-0.1, -0.05) is 44.2 Å². The van der Waals surface area contributed by atoms with E-state index in [1.54, 1.807) is 6.20 Å². The van der Waals surface area contributed by atoms with Gasteiger partial charge >= 0.3 is 0 Å². The molecule has 1 aromatic carbocycles. The van der Waals surface area contributed by atoms with Gasteiger partial charge in [-0.25, -0.2) is 4.98 Å². The first kappa shape index (κ1) is 23.4. The highest BCUT2D eigenvalue weighted by molar-refractivity contribution is 14.0. The van der Waals surface area contributed by atoms with Crippen LogP contribution in [0.15, 0.2) is 54.0 Å². The van der Waals surface area contributed by atoms with Crippen LogP contribution >= 0.6 is 24.0 Å². The largest absolute Gasteiger partial charge is 0.357 e. The Bertz CT molecular complexity index is 625. The smallest absolute Gasteiger partial charge is 0.191 e. The molecule has 7 heteroatoms. The molecular formula is C20H33IN6. The van der Waals surface area contributed by atoms with Gasteiger partial charge in [-0.15, -0.1) is 24.0 Å². The second kappa shape index (κ2) is 13.5. The molecule has 2 aromatic rings. The summed E-state index contributed by atoms with van der Waals surface area (Å²) >= 11 is 0. The fraction of sp³-hybridized carbons (Fsp3) is 0.500. The molecule has 2 rings (SSSR count). The lowest BCUT2D eigenvalue weighted by Gasteiger charge is -2.29. The number of rotatable bonds is 10. The second-order valence-corrected chi connectivity index (χ2v) is 6.09. The van der Waals surface area contributed by atoms with Gasteiger partial charge in [0.15, 0.2) is 5.96 Å². The molecule has 0 radical (unpaired) electrons. The van der Waals surface area contributed by atoms with Crippen LogP contribution in [-0.4, -0.2) is 53.1 Å². The molecule has 1 atom stereocenters. The molecule has 0 aliphatic rings.